The Morgan fingerprint density at radius 2 is 2.12 bits per heavy atom. The summed E-state index contributed by atoms with van der Waals surface area (Å²) in [7, 11) is 0. The Kier molecular flexibility index (Phi) is 4.37. The zero-order chi connectivity index (χ0) is 12.1. The number of nitrogens with one attached hydrogen (secondary N) is 1. The molecule has 0 saturated heterocycles. The molecule has 0 bridgehead atoms. The maximum atomic E-state index is 13.7. The number of carbonyl (C=O) groups is 1. The second kappa shape index (κ2) is 5.55. The Balaban J connectivity index is 2.94. The smallest absolute Gasteiger partial charge is 0.217 e. The first-order valence-corrected chi connectivity index (χ1v) is 4.96. The van der Waals surface area contributed by atoms with Crippen molar-refractivity contribution in [3.05, 3.63) is 34.9 Å². The topological polar surface area (TPSA) is 55.1 Å². The monoisotopic (exact) mass is 228 g/mol. The van der Waals surface area contributed by atoms with Gasteiger partial charge in [0, 0.05) is 24.6 Å². The first kappa shape index (κ1) is 12.6. The molecule has 0 fully saturated rings. The summed E-state index contributed by atoms with van der Waals surface area (Å²) < 4.78 is 27.0. The van der Waals surface area contributed by atoms with Gasteiger partial charge in [0.15, 0.2) is 0 Å². The molecular formula is C11H14F2N2O. The fourth-order valence-corrected chi connectivity index (χ4v) is 1.38. The zero-order valence-corrected chi connectivity index (χ0v) is 9.02. The number of carbonyl (C=O) groups excluding carboxylic acids is 1. The van der Waals surface area contributed by atoms with Crippen molar-refractivity contribution in [1.82, 2.24) is 5.32 Å². The predicted molar refractivity (Wildman–Crippen MR) is 56.6 cm³/mol. The molecule has 0 unspecified atom stereocenters. The van der Waals surface area contributed by atoms with Crippen LogP contribution in [-0.2, 0) is 17.8 Å². The molecule has 0 saturated carbocycles. The summed E-state index contributed by atoms with van der Waals surface area (Å²) in [5.74, 6) is -1.49. The van der Waals surface area contributed by atoms with E-state index in [4.69, 9.17) is 5.73 Å². The zero-order valence-electron chi connectivity index (χ0n) is 9.02. The first-order chi connectivity index (χ1) is 7.56. The minimum absolute atomic E-state index is 0.0228. The van der Waals surface area contributed by atoms with Gasteiger partial charge in [0.25, 0.3) is 0 Å². The van der Waals surface area contributed by atoms with E-state index in [9.17, 15) is 13.6 Å². The fourth-order valence-electron chi connectivity index (χ4n) is 1.38. The van der Waals surface area contributed by atoms with E-state index in [1.807, 2.05) is 0 Å². The molecule has 3 N–H and O–H groups in total. The van der Waals surface area contributed by atoms with E-state index in [1.165, 1.54) is 19.1 Å². The molecule has 0 spiro atoms. The summed E-state index contributed by atoms with van der Waals surface area (Å²) in [5, 5.41) is 2.46. The summed E-state index contributed by atoms with van der Waals surface area (Å²) in [4.78, 5) is 10.7. The molecule has 0 aliphatic carbocycles. The summed E-state index contributed by atoms with van der Waals surface area (Å²) >= 11 is 0. The van der Waals surface area contributed by atoms with Crippen LogP contribution in [0.5, 0.6) is 0 Å². The highest BCUT2D eigenvalue weighted by Gasteiger charge is 2.12. The van der Waals surface area contributed by atoms with Crippen molar-refractivity contribution >= 4 is 5.91 Å². The Labute approximate surface area is 92.6 Å². The Hall–Kier alpha value is -1.49. The molecule has 3 nitrogen and oxygen atoms in total. The minimum atomic E-state index is -0.626. The van der Waals surface area contributed by atoms with Crippen LogP contribution in [0.15, 0.2) is 12.1 Å². The maximum absolute atomic E-state index is 13.7. The Morgan fingerprint density at radius 1 is 1.44 bits per heavy atom. The van der Waals surface area contributed by atoms with Gasteiger partial charge in [-0.15, -0.1) is 0 Å². The van der Waals surface area contributed by atoms with Crippen LogP contribution in [0, 0.1) is 11.6 Å². The Morgan fingerprint density at radius 3 is 2.69 bits per heavy atom. The molecule has 0 atom stereocenters. The van der Waals surface area contributed by atoms with Gasteiger partial charge in [-0.05, 0) is 19.0 Å². The third-order valence-electron chi connectivity index (χ3n) is 2.19. The van der Waals surface area contributed by atoms with Crippen LogP contribution >= 0.6 is 0 Å². The highest BCUT2D eigenvalue weighted by atomic mass is 19.1. The summed E-state index contributed by atoms with van der Waals surface area (Å²) in [5.41, 5.74) is 5.51. The summed E-state index contributed by atoms with van der Waals surface area (Å²) in [6.07, 6.45) is 0.144. The van der Waals surface area contributed by atoms with E-state index in [2.05, 4.69) is 5.32 Å². The van der Waals surface area contributed by atoms with E-state index in [-0.39, 0.29) is 36.5 Å². The lowest BCUT2D eigenvalue weighted by atomic mass is 10.1. The number of amides is 1. The molecule has 0 aliphatic rings. The second-order valence-corrected chi connectivity index (χ2v) is 3.45. The maximum Gasteiger partial charge on any atom is 0.217 e. The number of hydrogen-bond acceptors (Lipinski definition) is 2. The SMILES string of the molecule is CC(=O)NCc1ccc(F)c(CCN)c1F. The summed E-state index contributed by atoms with van der Waals surface area (Å²) in [6, 6.07) is 2.51. The van der Waals surface area contributed by atoms with Crippen LogP contribution in [0.3, 0.4) is 0 Å². The Bertz CT molecular complexity index is 394. The van der Waals surface area contributed by atoms with Crippen LogP contribution in [0.4, 0.5) is 8.78 Å². The van der Waals surface area contributed by atoms with Gasteiger partial charge in [0.2, 0.25) is 5.91 Å². The van der Waals surface area contributed by atoms with Gasteiger partial charge in [-0.2, -0.15) is 0 Å². The molecule has 1 aromatic carbocycles. The summed E-state index contributed by atoms with van der Waals surface area (Å²) in [6.45, 7) is 1.57. The van der Waals surface area contributed by atoms with Gasteiger partial charge in [-0.25, -0.2) is 8.78 Å². The van der Waals surface area contributed by atoms with Gasteiger partial charge < -0.3 is 11.1 Å². The average molecular weight is 228 g/mol. The van der Waals surface area contributed by atoms with Crippen LogP contribution < -0.4 is 11.1 Å². The molecule has 0 radical (unpaired) electrons. The fraction of sp³-hybridized carbons (Fsp3) is 0.364. The van der Waals surface area contributed by atoms with Crippen molar-refractivity contribution in [1.29, 1.82) is 0 Å². The largest absolute Gasteiger partial charge is 0.352 e. The van der Waals surface area contributed by atoms with Gasteiger partial charge in [0.05, 0.1) is 0 Å². The third kappa shape index (κ3) is 3.00. The standard InChI is InChI=1S/C11H14F2N2O/c1-7(16)15-6-8-2-3-10(12)9(4-5-14)11(8)13/h2-3H,4-6,14H2,1H3,(H,15,16). The molecule has 1 amide bonds. The van der Waals surface area contributed by atoms with Gasteiger partial charge in [-0.1, -0.05) is 6.07 Å². The highest BCUT2D eigenvalue weighted by molar-refractivity contribution is 5.72. The van der Waals surface area contributed by atoms with Crippen LogP contribution in [0.1, 0.15) is 18.1 Å². The molecule has 88 valence electrons. The van der Waals surface area contributed by atoms with Crippen LogP contribution in [0.2, 0.25) is 0 Å². The van der Waals surface area contributed by atoms with Crippen molar-refractivity contribution in [2.75, 3.05) is 6.54 Å². The molecule has 0 aliphatic heterocycles. The lowest BCUT2D eigenvalue weighted by Crippen LogP contribution is -2.20. The van der Waals surface area contributed by atoms with E-state index >= 15 is 0 Å². The predicted octanol–water partition coefficient (Wildman–Crippen LogP) is 1.10. The molecule has 0 heterocycles. The molecule has 0 aromatic heterocycles. The van der Waals surface area contributed by atoms with E-state index in [0.717, 1.165) is 0 Å². The van der Waals surface area contributed by atoms with Crippen LogP contribution in [0.25, 0.3) is 0 Å². The van der Waals surface area contributed by atoms with Crippen molar-refractivity contribution < 1.29 is 13.6 Å². The second-order valence-electron chi connectivity index (χ2n) is 3.45. The van der Waals surface area contributed by atoms with E-state index < -0.39 is 11.6 Å². The quantitative estimate of drug-likeness (QED) is 0.810. The molecular weight excluding hydrogens is 214 g/mol. The van der Waals surface area contributed by atoms with Gasteiger partial charge in [0.1, 0.15) is 11.6 Å². The molecule has 1 rings (SSSR count). The normalized spacial score (nSPS) is 10.2. The van der Waals surface area contributed by atoms with Gasteiger partial charge in [-0.3, -0.25) is 4.79 Å². The lowest BCUT2D eigenvalue weighted by Gasteiger charge is -2.09. The number of rotatable bonds is 4. The van der Waals surface area contributed by atoms with Crippen LogP contribution in [-0.4, -0.2) is 12.5 Å². The van der Waals surface area contributed by atoms with Crippen molar-refractivity contribution in [3.8, 4) is 0 Å². The number of hydrogen-bond donors (Lipinski definition) is 2. The van der Waals surface area contributed by atoms with Crippen molar-refractivity contribution in [3.63, 3.8) is 0 Å². The number of benzene rings is 1. The minimum Gasteiger partial charge on any atom is -0.352 e. The number of halogens is 2. The van der Waals surface area contributed by atoms with E-state index in [0.29, 0.717) is 0 Å². The van der Waals surface area contributed by atoms with Crippen molar-refractivity contribution in [2.24, 2.45) is 5.73 Å². The van der Waals surface area contributed by atoms with Crippen molar-refractivity contribution in [2.45, 2.75) is 19.9 Å². The number of nitrogens with two attached hydrogens (primary N) is 1. The van der Waals surface area contributed by atoms with Gasteiger partial charge >= 0.3 is 0 Å². The molecule has 16 heavy (non-hydrogen) atoms. The third-order valence-corrected chi connectivity index (χ3v) is 2.19. The van der Waals surface area contributed by atoms with E-state index in [1.54, 1.807) is 0 Å². The average Bonchev–Trinajstić information content (AvgIpc) is 2.23. The lowest BCUT2D eigenvalue weighted by molar-refractivity contribution is -0.119. The molecule has 5 heteroatoms. The first-order valence-electron chi connectivity index (χ1n) is 4.96. The highest BCUT2D eigenvalue weighted by Crippen LogP contribution is 2.17. The molecule has 1 aromatic rings.